The number of amides is 1. The van der Waals surface area contributed by atoms with Crippen LogP contribution in [-0.2, 0) is 14.3 Å². The third-order valence-electron chi connectivity index (χ3n) is 1.56. The lowest BCUT2D eigenvalue weighted by molar-refractivity contribution is -0.144. The minimum atomic E-state index is -0.484. The van der Waals surface area contributed by atoms with Gasteiger partial charge in [-0.25, -0.2) is 4.98 Å². The Morgan fingerprint density at radius 3 is 2.80 bits per heavy atom. The van der Waals surface area contributed by atoms with Gasteiger partial charge in [-0.2, -0.15) is 0 Å². The van der Waals surface area contributed by atoms with Crippen molar-refractivity contribution in [3.63, 3.8) is 0 Å². The fourth-order valence-corrected chi connectivity index (χ4v) is 0.959. The molecular formula is C10H12N2O3. The van der Waals surface area contributed by atoms with Gasteiger partial charge in [0, 0.05) is 12.6 Å². The first-order chi connectivity index (χ1) is 7.08. The Morgan fingerprint density at radius 1 is 1.47 bits per heavy atom. The molecule has 0 atom stereocenters. The van der Waals surface area contributed by atoms with Crippen molar-refractivity contribution in [1.82, 2.24) is 4.98 Å². The van der Waals surface area contributed by atoms with Crippen molar-refractivity contribution >= 4 is 17.7 Å². The van der Waals surface area contributed by atoms with E-state index in [1.165, 1.54) is 6.92 Å². The van der Waals surface area contributed by atoms with Crippen molar-refractivity contribution in [1.29, 1.82) is 0 Å². The molecule has 1 heterocycles. The first-order valence-corrected chi connectivity index (χ1v) is 4.45. The average molecular weight is 208 g/mol. The Kier molecular flexibility index (Phi) is 3.79. The largest absolute Gasteiger partial charge is 0.456 e. The quantitative estimate of drug-likeness (QED) is 0.749. The van der Waals surface area contributed by atoms with E-state index in [4.69, 9.17) is 0 Å². The van der Waals surface area contributed by atoms with E-state index in [0.717, 1.165) is 5.69 Å². The Bertz CT molecular complexity index is 377. The van der Waals surface area contributed by atoms with Crippen LogP contribution < -0.4 is 5.32 Å². The van der Waals surface area contributed by atoms with E-state index in [1.807, 2.05) is 13.0 Å². The second-order valence-corrected chi connectivity index (χ2v) is 2.99. The summed E-state index contributed by atoms with van der Waals surface area (Å²) in [6, 6.07) is 5.27. The standard InChI is InChI=1S/C10H12N2O3/c1-7-4-3-5-9(11-7)12-10(14)6-15-8(2)13/h3-5H,6H2,1-2H3,(H,11,12,14). The van der Waals surface area contributed by atoms with Crippen LogP contribution in [0.3, 0.4) is 0 Å². The molecule has 0 aromatic carbocycles. The van der Waals surface area contributed by atoms with Gasteiger partial charge >= 0.3 is 5.97 Å². The van der Waals surface area contributed by atoms with Gasteiger partial charge in [0.1, 0.15) is 5.82 Å². The first-order valence-electron chi connectivity index (χ1n) is 4.45. The van der Waals surface area contributed by atoms with Crippen LogP contribution in [0.1, 0.15) is 12.6 Å². The van der Waals surface area contributed by atoms with E-state index >= 15 is 0 Å². The normalized spacial score (nSPS) is 9.47. The zero-order valence-electron chi connectivity index (χ0n) is 8.61. The summed E-state index contributed by atoms with van der Waals surface area (Å²) in [6.07, 6.45) is 0. The number of carbonyl (C=O) groups excluding carboxylic acids is 2. The molecule has 5 heteroatoms. The summed E-state index contributed by atoms with van der Waals surface area (Å²) in [4.78, 5) is 25.7. The highest BCUT2D eigenvalue weighted by Crippen LogP contribution is 2.03. The third-order valence-corrected chi connectivity index (χ3v) is 1.56. The molecule has 80 valence electrons. The van der Waals surface area contributed by atoms with Crippen molar-refractivity contribution in [2.75, 3.05) is 11.9 Å². The van der Waals surface area contributed by atoms with E-state index in [1.54, 1.807) is 12.1 Å². The van der Waals surface area contributed by atoms with Crippen LogP contribution in [0, 0.1) is 6.92 Å². The zero-order valence-corrected chi connectivity index (χ0v) is 8.61. The molecule has 0 radical (unpaired) electrons. The average Bonchev–Trinajstić information content (AvgIpc) is 2.15. The van der Waals surface area contributed by atoms with E-state index < -0.39 is 11.9 Å². The van der Waals surface area contributed by atoms with Gasteiger partial charge in [-0.3, -0.25) is 9.59 Å². The van der Waals surface area contributed by atoms with Crippen molar-refractivity contribution in [2.45, 2.75) is 13.8 Å². The summed E-state index contributed by atoms with van der Waals surface area (Å²) in [5, 5.41) is 2.51. The van der Waals surface area contributed by atoms with Gasteiger partial charge in [-0.1, -0.05) is 6.07 Å². The zero-order chi connectivity index (χ0) is 11.3. The highest BCUT2D eigenvalue weighted by Gasteiger charge is 2.04. The van der Waals surface area contributed by atoms with Gasteiger partial charge in [-0.15, -0.1) is 0 Å². The molecule has 0 aliphatic heterocycles. The number of esters is 1. The van der Waals surface area contributed by atoms with Crippen molar-refractivity contribution in [3.8, 4) is 0 Å². The summed E-state index contributed by atoms with van der Waals surface area (Å²) in [6.45, 7) is 2.78. The van der Waals surface area contributed by atoms with Gasteiger partial charge < -0.3 is 10.1 Å². The van der Waals surface area contributed by atoms with E-state index in [-0.39, 0.29) is 6.61 Å². The number of pyridine rings is 1. The number of carbonyl (C=O) groups is 2. The van der Waals surface area contributed by atoms with Crippen LogP contribution >= 0.6 is 0 Å². The molecule has 1 rings (SSSR count). The van der Waals surface area contributed by atoms with E-state index in [0.29, 0.717) is 5.82 Å². The molecule has 0 fully saturated rings. The number of aryl methyl sites for hydroxylation is 1. The maximum absolute atomic E-state index is 11.2. The molecule has 5 nitrogen and oxygen atoms in total. The SMILES string of the molecule is CC(=O)OCC(=O)Nc1cccc(C)n1. The lowest BCUT2D eigenvalue weighted by Gasteiger charge is -2.04. The van der Waals surface area contributed by atoms with Gasteiger partial charge in [0.25, 0.3) is 5.91 Å². The van der Waals surface area contributed by atoms with Crippen LogP contribution in [0.4, 0.5) is 5.82 Å². The second-order valence-electron chi connectivity index (χ2n) is 2.99. The number of rotatable bonds is 3. The molecule has 0 aliphatic carbocycles. The molecule has 15 heavy (non-hydrogen) atoms. The number of hydrogen-bond acceptors (Lipinski definition) is 4. The fraction of sp³-hybridized carbons (Fsp3) is 0.300. The van der Waals surface area contributed by atoms with Gasteiger partial charge in [0.15, 0.2) is 6.61 Å². The van der Waals surface area contributed by atoms with Crippen molar-refractivity contribution < 1.29 is 14.3 Å². The predicted molar refractivity (Wildman–Crippen MR) is 54.2 cm³/mol. The van der Waals surface area contributed by atoms with Crippen LogP contribution in [0.15, 0.2) is 18.2 Å². The molecule has 0 saturated carbocycles. The molecule has 0 saturated heterocycles. The van der Waals surface area contributed by atoms with Gasteiger partial charge in [0.05, 0.1) is 0 Å². The summed E-state index contributed by atoms with van der Waals surface area (Å²) in [7, 11) is 0. The van der Waals surface area contributed by atoms with E-state index in [2.05, 4.69) is 15.0 Å². The Morgan fingerprint density at radius 2 is 2.20 bits per heavy atom. The number of nitrogens with one attached hydrogen (secondary N) is 1. The Balaban J connectivity index is 2.48. The molecule has 1 aromatic heterocycles. The van der Waals surface area contributed by atoms with Crippen LogP contribution in [0.5, 0.6) is 0 Å². The predicted octanol–water partition coefficient (Wildman–Crippen LogP) is 0.892. The minimum absolute atomic E-state index is 0.287. The second kappa shape index (κ2) is 5.09. The fourth-order valence-electron chi connectivity index (χ4n) is 0.959. The van der Waals surface area contributed by atoms with Crippen LogP contribution in [0.25, 0.3) is 0 Å². The highest BCUT2D eigenvalue weighted by molar-refractivity contribution is 5.91. The molecule has 1 aromatic rings. The summed E-state index contributed by atoms with van der Waals surface area (Å²) >= 11 is 0. The van der Waals surface area contributed by atoms with Gasteiger partial charge in [0.2, 0.25) is 0 Å². The number of anilines is 1. The molecule has 0 spiro atoms. The molecule has 0 aliphatic rings. The highest BCUT2D eigenvalue weighted by atomic mass is 16.5. The van der Waals surface area contributed by atoms with Crippen molar-refractivity contribution in [3.05, 3.63) is 23.9 Å². The van der Waals surface area contributed by atoms with Crippen LogP contribution in [0.2, 0.25) is 0 Å². The number of aromatic nitrogens is 1. The first kappa shape index (κ1) is 11.2. The lowest BCUT2D eigenvalue weighted by Crippen LogP contribution is -2.20. The molecule has 1 N–H and O–H groups in total. The summed E-state index contributed by atoms with van der Waals surface area (Å²) in [5.74, 6) is -0.433. The molecule has 1 amide bonds. The lowest BCUT2D eigenvalue weighted by atomic mass is 10.4. The Labute approximate surface area is 87.5 Å². The van der Waals surface area contributed by atoms with E-state index in [9.17, 15) is 9.59 Å². The smallest absolute Gasteiger partial charge is 0.303 e. The number of nitrogens with zero attached hydrogens (tertiary/aromatic N) is 1. The van der Waals surface area contributed by atoms with Gasteiger partial charge in [-0.05, 0) is 19.1 Å². The molecule has 0 bridgehead atoms. The molecule has 0 unspecified atom stereocenters. The van der Waals surface area contributed by atoms with Crippen molar-refractivity contribution in [2.24, 2.45) is 0 Å². The monoisotopic (exact) mass is 208 g/mol. The molecular weight excluding hydrogens is 196 g/mol. The maximum atomic E-state index is 11.2. The maximum Gasteiger partial charge on any atom is 0.303 e. The minimum Gasteiger partial charge on any atom is -0.456 e. The van der Waals surface area contributed by atoms with Crippen LogP contribution in [-0.4, -0.2) is 23.5 Å². The summed E-state index contributed by atoms with van der Waals surface area (Å²) < 4.78 is 4.53. The number of ether oxygens (including phenoxy) is 1. The summed E-state index contributed by atoms with van der Waals surface area (Å²) in [5.41, 5.74) is 0.806. The third kappa shape index (κ3) is 4.21. The number of hydrogen-bond donors (Lipinski definition) is 1. The topological polar surface area (TPSA) is 68.3 Å². The Hall–Kier alpha value is -1.91.